The Morgan fingerprint density at radius 1 is 1.21 bits per heavy atom. The van der Waals surface area contributed by atoms with Crippen LogP contribution in [0.15, 0.2) is 59.7 Å². The zero-order chi connectivity index (χ0) is 17.2. The third-order valence-electron chi connectivity index (χ3n) is 4.22. The summed E-state index contributed by atoms with van der Waals surface area (Å²) in [6, 6.07) is 15.9. The number of amides is 1. The number of benzene rings is 2. The van der Waals surface area contributed by atoms with Gasteiger partial charge in [0.1, 0.15) is 5.75 Å². The second-order valence-electron chi connectivity index (χ2n) is 5.72. The molecule has 0 saturated carbocycles. The molecule has 1 amide bonds. The first-order valence-corrected chi connectivity index (χ1v) is 7.91. The summed E-state index contributed by atoms with van der Waals surface area (Å²) in [5.41, 5.74) is 0.410. The predicted molar refractivity (Wildman–Crippen MR) is 91.8 cm³/mol. The van der Waals surface area contributed by atoms with Gasteiger partial charge in [-0.1, -0.05) is 37.3 Å². The molecule has 1 N–H and O–H groups in total. The maximum Gasteiger partial charge on any atom is 0.276 e. The molecule has 1 aliphatic rings. The molecular formula is C19H20N2O3. The summed E-state index contributed by atoms with van der Waals surface area (Å²) >= 11 is 0. The van der Waals surface area contributed by atoms with Crippen LogP contribution in [0.3, 0.4) is 0 Å². The van der Waals surface area contributed by atoms with Gasteiger partial charge in [-0.3, -0.25) is 4.79 Å². The van der Waals surface area contributed by atoms with Crippen LogP contribution in [0.4, 0.5) is 0 Å². The average Bonchev–Trinajstić information content (AvgIpc) is 3.00. The molecule has 3 rings (SSSR count). The van der Waals surface area contributed by atoms with Gasteiger partial charge in [-0.2, -0.15) is 10.1 Å². The van der Waals surface area contributed by atoms with E-state index >= 15 is 0 Å². The molecule has 0 radical (unpaired) electrons. The van der Waals surface area contributed by atoms with E-state index in [0.29, 0.717) is 29.7 Å². The second-order valence-corrected chi connectivity index (χ2v) is 5.72. The Morgan fingerprint density at radius 2 is 1.88 bits per heavy atom. The van der Waals surface area contributed by atoms with Gasteiger partial charge < -0.3 is 9.84 Å². The van der Waals surface area contributed by atoms with Crippen molar-refractivity contribution in [2.45, 2.75) is 25.5 Å². The van der Waals surface area contributed by atoms with Gasteiger partial charge in [0.05, 0.1) is 7.11 Å². The summed E-state index contributed by atoms with van der Waals surface area (Å²) in [5.74, 6) is 0.371. The van der Waals surface area contributed by atoms with Crippen LogP contribution in [0.1, 0.15) is 35.7 Å². The topological polar surface area (TPSA) is 62.1 Å². The van der Waals surface area contributed by atoms with E-state index in [1.54, 1.807) is 55.6 Å². The van der Waals surface area contributed by atoms with Gasteiger partial charge in [0.2, 0.25) is 0 Å². The van der Waals surface area contributed by atoms with E-state index < -0.39 is 5.72 Å². The fourth-order valence-corrected chi connectivity index (χ4v) is 2.81. The first-order chi connectivity index (χ1) is 11.6. The molecular weight excluding hydrogens is 304 g/mol. The summed E-state index contributed by atoms with van der Waals surface area (Å²) in [4.78, 5) is 12.9. The molecule has 24 heavy (non-hydrogen) atoms. The number of aliphatic hydroxyl groups is 1. The third-order valence-corrected chi connectivity index (χ3v) is 4.22. The number of carbonyl (C=O) groups excluding carboxylic acids is 1. The number of hydrazone groups is 1. The first-order valence-electron chi connectivity index (χ1n) is 7.91. The van der Waals surface area contributed by atoms with E-state index in [9.17, 15) is 9.90 Å². The van der Waals surface area contributed by atoms with Crippen LogP contribution in [0.2, 0.25) is 0 Å². The van der Waals surface area contributed by atoms with Gasteiger partial charge >= 0.3 is 0 Å². The van der Waals surface area contributed by atoms with Crippen molar-refractivity contribution in [3.63, 3.8) is 0 Å². The van der Waals surface area contributed by atoms with Crippen molar-refractivity contribution in [2.75, 3.05) is 7.11 Å². The molecule has 2 aromatic rings. The van der Waals surface area contributed by atoms with Crippen molar-refractivity contribution in [1.82, 2.24) is 5.01 Å². The first kappa shape index (κ1) is 16.2. The van der Waals surface area contributed by atoms with Crippen LogP contribution in [0.5, 0.6) is 5.75 Å². The number of rotatable bonds is 4. The number of methoxy groups -OCH3 is 1. The van der Waals surface area contributed by atoms with Crippen LogP contribution in [-0.2, 0) is 5.72 Å². The Labute approximate surface area is 141 Å². The molecule has 0 aromatic heterocycles. The van der Waals surface area contributed by atoms with E-state index in [0.717, 1.165) is 5.71 Å². The highest BCUT2D eigenvalue weighted by molar-refractivity contribution is 5.98. The highest BCUT2D eigenvalue weighted by Crippen LogP contribution is 2.37. The zero-order valence-corrected chi connectivity index (χ0v) is 13.8. The minimum absolute atomic E-state index is 0.300. The Hall–Kier alpha value is -2.66. The van der Waals surface area contributed by atoms with E-state index in [-0.39, 0.29) is 5.91 Å². The van der Waals surface area contributed by atoms with Crippen molar-refractivity contribution in [2.24, 2.45) is 5.10 Å². The largest absolute Gasteiger partial charge is 0.497 e. The lowest BCUT2D eigenvalue weighted by Crippen LogP contribution is -2.43. The van der Waals surface area contributed by atoms with Gasteiger partial charge in [0.15, 0.2) is 5.72 Å². The van der Waals surface area contributed by atoms with Gasteiger partial charge in [0, 0.05) is 23.3 Å². The minimum Gasteiger partial charge on any atom is -0.497 e. The minimum atomic E-state index is -1.48. The Balaban J connectivity index is 2.00. The van der Waals surface area contributed by atoms with Crippen molar-refractivity contribution in [3.05, 3.63) is 65.7 Å². The summed E-state index contributed by atoms with van der Waals surface area (Å²) < 4.78 is 5.16. The Morgan fingerprint density at radius 3 is 2.46 bits per heavy atom. The number of ether oxygens (including phenoxy) is 1. The highest BCUT2D eigenvalue weighted by Gasteiger charge is 2.45. The van der Waals surface area contributed by atoms with Gasteiger partial charge in [-0.05, 0) is 30.7 Å². The van der Waals surface area contributed by atoms with Crippen LogP contribution in [0.25, 0.3) is 0 Å². The van der Waals surface area contributed by atoms with Gasteiger partial charge in [0.25, 0.3) is 5.91 Å². The lowest BCUT2D eigenvalue weighted by atomic mass is 9.96. The molecule has 124 valence electrons. The standard InChI is InChI=1S/C19H20N2O3/c1-3-16-13-19(23,15-9-11-17(24-2)12-10-15)21(20-16)18(22)14-7-5-4-6-8-14/h4-12,23H,3,13H2,1-2H3. The summed E-state index contributed by atoms with van der Waals surface area (Å²) in [6.07, 6.45) is 0.978. The average molecular weight is 324 g/mol. The second kappa shape index (κ2) is 6.45. The number of carbonyl (C=O) groups is 1. The quantitative estimate of drug-likeness (QED) is 0.940. The molecule has 1 atom stereocenters. The van der Waals surface area contributed by atoms with Crippen molar-refractivity contribution in [1.29, 1.82) is 0 Å². The van der Waals surface area contributed by atoms with Crippen molar-refractivity contribution >= 4 is 11.6 Å². The maximum atomic E-state index is 12.9. The molecule has 1 unspecified atom stereocenters. The molecule has 0 bridgehead atoms. The normalized spacial score (nSPS) is 20.0. The van der Waals surface area contributed by atoms with Crippen molar-refractivity contribution in [3.8, 4) is 5.75 Å². The Bertz CT molecular complexity index is 756. The van der Waals surface area contributed by atoms with Crippen LogP contribution in [-0.4, -0.2) is 28.8 Å². The molecule has 0 fully saturated rings. The molecule has 5 nitrogen and oxygen atoms in total. The fourth-order valence-electron chi connectivity index (χ4n) is 2.81. The molecule has 0 aliphatic carbocycles. The zero-order valence-electron chi connectivity index (χ0n) is 13.8. The lowest BCUT2D eigenvalue weighted by molar-refractivity contribution is -0.0765. The van der Waals surface area contributed by atoms with Crippen LogP contribution >= 0.6 is 0 Å². The van der Waals surface area contributed by atoms with Crippen LogP contribution < -0.4 is 4.74 Å². The lowest BCUT2D eigenvalue weighted by Gasteiger charge is -2.31. The summed E-state index contributed by atoms with van der Waals surface area (Å²) in [7, 11) is 1.59. The summed E-state index contributed by atoms with van der Waals surface area (Å²) in [6.45, 7) is 1.96. The van der Waals surface area contributed by atoms with Gasteiger partial charge in [-0.15, -0.1) is 0 Å². The van der Waals surface area contributed by atoms with Crippen LogP contribution in [0, 0.1) is 0 Å². The number of nitrogens with zero attached hydrogens (tertiary/aromatic N) is 2. The van der Waals surface area contributed by atoms with E-state index in [2.05, 4.69) is 5.10 Å². The molecule has 2 aromatic carbocycles. The van der Waals surface area contributed by atoms with Gasteiger partial charge in [-0.25, -0.2) is 0 Å². The number of hydrogen-bond acceptors (Lipinski definition) is 4. The van der Waals surface area contributed by atoms with E-state index in [1.165, 1.54) is 5.01 Å². The number of hydrogen-bond donors (Lipinski definition) is 1. The van der Waals surface area contributed by atoms with Crippen molar-refractivity contribution < 1.29 is 14.6 Å². The highest BCUT2D eigenvalue weighted by atomic mass is 16.5. The van der Waals surface area contributed by atoms with E-state index in [1.807, 2.05) is 13.0 Å². The SMILES string of the molecule is CCC1=NN(C(=O)c2ccccc2)C(O)(c2ccc(OC)cc2)C1. The fraction of sp³-hybridized carbons (Fsp3) is 0.263. The predicted octanol–water partition coefficient (Wildman–Crippen LogP) is 3.15. The summed E-state index contributed by atoms with van der Waals surface area (Å²) in [5, 5.41) is 16.8. The molecule has 1 aliphatic heterocycles. The molecule has 0 spiro atoms. The monoisotopic (exact) mass is 324 g/mol. The van der Waals surface area contributed by atoms with E-state index in [4.69, 9.17) is 4.74 Å². The Kier molecular flexibility index (Phi) is 4.36. The molecule has 1 heterocycles. The smallest absolute Gasteiger partial charge is 0.276 e. The maximum absolute atomic E-state index is 12.9. The third kappa shape index (κ3) is 2.78. The molecule has 5 heteroatoms. The molecule has 0 saturated heterocycles.